The fourth-order valence-corrected chi connectivity index (χ4v) is 3.26. The predicted molar refractivity (Wildman–Crippen MR) is 125 cm³/mol. The van der Waals surface area contributed by atoms with Gasteiger partial charge in [-0.25, -0.2) is 0 Å². The predicted octanol–water partition coefficient (Wildman–Crippen LogP) is 2.48. The van der Waals surface area contributed by atoms with Crippen molar-refractivity contribution in [2.45, 2.75) is 64.4 Å². The number of amides is 2. The van der Waals surface area contributed by atoms with Gasteiger partial charge in [-0.15, -0.1) is 0 Å². The largest absolute Gasteiger partial charge is 0.377 e. The second kappa shape index (κ2) is 18.8. The number of hydrogen-bond donors (Lipinski definition) is 4. The lowest BCUT2D eigenvalue weighted by molar-refractivity contribution is -0.135. The maximum absolute atomic E-state index is 12.5. The highest BCUT2D eigenvalue weighted by Gasteiger charge is 2.25. The molecular formula is C24H42N4O3. The quantitative estimate of drug-likeness (QED) is 0.197. The maximum atomic E-state index is 12.5. The van der Waals surface area contributed by atoms with E-state index >= 15 is 0 Å². The molecule has 0 unspecified atom stereocenters. The molecule has 0 aromatic heterocycles. The van der Waals surface area contributed by atoms with Gasteiger partial charge in [-0.2, -0.15) is 0 Å². The topological polar surface area (TPSA) is 119 Å². The number of unbranched alkanes of at least 4 members (excludes halogenated alkanes) is 5. The number of rotatable bonds is 19. The van der Waals surface area contributed by atoms with Crippen molar-refractivity contribution in [1.82, 2.24) is 10.6 Å². The molecule has 0 aliphatic carbocycles. The van der Waals surface area contributed by atoms with Crippen molar-refractivity contribution in [2.75, 3.05) is 32.8 Å². The molecule has 6 N–H and O–H groups in total. The fraction of sp³-hybridized carbons (Fsp3) is 0.667. The van der Waals surface area contributed by atoms with Gasteiger partial charge in [-0.3, -0.25) is 9.59 Å². The lowest BCUT2D eigenvalue weighted by Gasteiger charge is -2.17. The first kappa shape index (κ1) is 27.1. The first-order chi connectivity index (χ1) is 15.2. The van der Waals surface area contributed by atoms with Gasteiger partial charge in [0.05, 0.1) is 6.61 Å². The van der Waals surface area contributed by atoms with Crippen molar-refractivity contribution in [2.24, 2.45) is 17.4 Å². The Hall–Kier alpha value is -1.96. The smallest absolute Gasteiger partial charge is 0.232 e. The van der Waals surface area contributed by atoms with Gasteiger partial charge in [0.2, 0.25) is 11.8 Å². The molecule has 7 nitrogen and oxygen atoms in total. The minimum atomic E-state index is -0.634. The van der Waals surface area contributed by atoms with Crippen LogP contribution >= 0.6 is 0 Å². The molecule has 0 atom stereocenters. The second-order valence-electron chi connectivity index (χ2n) is 7.87. The Morgan fingerprint density at radius 2 is 1.35 bits per heavy atom. The average Bonchev–Trinajstić information content (AvgIpc) is 2.79. The molecule has 0 fully saturated rings. The van der Waals surface area contributed by atoms with E-state index in [1.54, 1.807) is 0 Å². The Bertz CT molecular complexity index is 559. The summed E-state index contributed by atoms with van der Waals surface area (Å²) >= 11 is 0. The summed E-state index contributed by atoms with van der Waals surface area (Å²) in [7, 11) is 0. The van der Waals surface area contributed by atoms with E-state index in [1.165, 1.54) is 5.56 Å². The normalized spacial score (nSPS) is 10.9. The summed E-state index contributed by atoms with van der Waals surface area (Å²) < 4.78 is 5.71. The van der Waals surface area contributed by atoms with Gasteiger partial charge in [-0.1, -0.05) is 49.6 Å². The van der Waals surface area contributed by atoms with E-state index in [2.05, 4.69) is 22.8 Å². The number of nitrogens with one attached hydrogen (secondary N) is 2. The van der Waals surface area contributed by atoms with Crippen molar-refractivity contribution >= 4 is 11.8 Å². The van der Waals surface area contributed by atoms with Crippen LogP contribution in [0.25, 0.3) is 0 Å². The Balaban J connectivity index is 2.26. The highest BCUT2D eigenvalue weighted by molar-refractivity contribution is 6.00. The summed E-state index contributed by atoms with van der Waals surface area (Å²) in [4.78, 5) is 25.1. The van der Waals surface area contributed by atoms with E-state index in [1.807, 2.05) is 18.2 Å². The van der Waals surface area contributed by atoms with E-state index < -0.39 is 5.92 Å². The zero-order valence-corrected chi connectivity index (χ0v) is 19.0. The van der Waals surface area contributed by atoms with Crippen LogP contribution < -0.4 is 22.1 Å². The van der Waals surface area contributed by atoms with E-state index in [4.69, 9.17) is 16.2 Å². The molecular weight excluding hydrogens is 392 g/mol. The molecule has 1 aromatic rings. The Morgan fingerprint density at radius 3 is 1.94 bits per heavy atom. The van der Waals surface area contributed by atoms with Gasteiger partial charge in [0, 0.05) is 19.7 Å². The van der Waals surface area contributed by atoms with Crippen LogP contribution in [0.3, 0.4) is 0 Å². The monoisotopic (exact) mass is 434 g/mol. The summed E-state index contributed by atoms with van der Waals surface area (Å²) in [5.41, 5.74) is 12.2. The zero-order chi connectivity index (χ0) is 22.6. The Kier molecular flexibility index (Phi) is 16.4. The van der Waals surface area contributed by atoms with Gasteiger partial charge in [0.25, 0.3) is 0 Å². The van der Waals surface area contributed by atoms with Crippen LogP contribution in [-0.4, -0.2) is 44.6 Å². The first-order valence-electron chi connectivity index (χ1n) is 11.8. The van der Waals surface area contributed by atoms with Crippen molar-refractivity contribution in [3.8, 4) is 0 Å². The van der Waals surface area contributed by atoms with Gasteiger partial charge >= 0.3 is 0 Å². The van der Waals surface area contributed by atoms with Crippen LogP contribution in [0.5, 0.6) is 0 Å². The van der Waals surface area contributed by atoms with E-state index in [0.717, 1.165) is 58.0 Å². The van der Waals surface area contributed by atoms with Crippen LogP contribution in [0, 0.1) is 5.92 Å². The molecule has 7 heteroatoms. The third kappa shape index (κ3) is 13.9. The third-order valence-electron chi connectivity index (χ3n) is 5.14. The molecule has 1 rings (SSSR count). The molecule has 1 aromatic carbocycles. The molecule has 2 amide bonds. The highest BCUT2D eigenvalue weighted by Crippen LogP contribution is 2.13. The van der Waals surface area contributed by atoms with E-state index in [0.29, 0.717) is 39.2 Å². The Labute approximate surface area is 187 Å². The molecule has 31 heavy (non-hydrogen) atoms. The molecule has 0 aliphatic heterocycles. The molecule has 0 saturated heterocycles. The molecule has 0 saturated carbocycles. The Morgan fingerprint density at radius 1 is 0.774 bits per heavy atom. The van der Waals surface area contributed by atoms with Crippen LogP contribution in [0.15, 0.2) is 30.3 Å². The van der Waals surface area contributed by atoms with Crippen LogP contribution in [-0.2, 0) is 20.9 Å². The highest BCUT2D eigenvalue weighted by atomic mass is 16.5. The van der Waals surface area contributed by atoms with E-state index in [-0.39, 0.29) is 11.8 Å². The van der Waals surface area contributed by atoms with Gasteiger partial charge in [0.15, 0.2) is 0 Å². The third-order valence-corrected chi connectivity index (χ3v) is 5.14. The minimum absolute atomic E-state index is 0.181. The number of ether oxygens (including phenoxy) is 1. The average molecular weight is 435 g/mol. The molecule has 0 heterocycles. The van der Waals surface area contributed by atoms with Crippen LogP contribution in [0.2, 0.25) is 0 Å². The number of carbonyl (C=O) groups excluding carboxylic acids is 2. The molecule has 0 aliphatic rings. The van der Waals surface area contributed by atoms with E-state index in [9.17, 15) is 9.59 Å². The van der Waals surface area contributed by atoms with Gasteiger partial charge in [-0.05, 0) is 57.2 Å². The SMILES string of the molecule is NCCCCNC(=O)C(CCCCCCOCc1ccccc1)C(=O)NCCCCN. The van der Waals surface area contributed by atoms with Gasteiger partial charge in [0.1, 0.15) is 5.92 Å². The van der Waals surface area contributed by atoms with Crippen molar-refractivity contribution in [3.63, 3.8) is 0 Å². The lowest BCUT2D eigenvalue weighted by Crippen LogP contribution is -2.42. The molecule has 0 bridgehead atoms. The summed E-state index contributed by atoms with van der Waals surface area (Å²) in [6.45, 7) is 3.70. The minimum Gasteiger partial charge on any atom is -0.377 e. The molecule has 176 valence electrons. The molecule has 0 radical (unpaired) electrons. The summed E-state index contributed by atoms with van der Waals surface area (Å²) in [6, 6.07) is 10.1. The number of hydrogen-bond acceptors (Lipinski definition) is 5. The fourth-order valence-electron chi connectivity index (χ4n) is 3.26. The molecule has 0 spiro atoms. The lowest BCUT2D eigenvalue weighted by atomic mass is 9.98. The van der Waals surface area contributed by atoms with Crippen molar-refractivity contribution in [3.05, 3.63) is 35.9 Å². The maximum Gasteiger partial charge on any atom is 0.232 e. The summed E-state index contributed by atoms with van der Waals surface area (Å²) in [6.07, 6.45) is 7.78. The number of benzene rings is 1. The van der Waals surface area contributed by atoms with Crippen molar-refractivity contribution in [1.29, 1.82) is 0 Å². The number of carbonyl (C=O) groups is 2. The van der Waals surface area contributed by atoms with Crippen molar-refractivity contribution < 1.29 is 14.3 Å². The summed E-state index contributed by atoms with van der Waals surface area (Å²) in [5, 5.41) is 5.78. The first-order valence-corrected chi connectivity index (χ1v) is 11.8. The van der Waals surface area contributed by atoms with Crippen LogP contribution in [0.4, 0.5) is 0 Å². The van der Waals surface area contributed by atoms with Gasteiger partial charge < -0.3 is 26.8 Å². The number of nitrogens with two attached hydrogens (primary N) is 2. The van der Waals surface area contributed by atoms with Crippen LogP contribution in [0.1, 0.15) is 63.4 Å². The zero-order valence-electron chi connectivity index (χ0n) is 19.0. The summed E-state index contributed by atoms with van der Waals surface area (Å²) in [5.74, 6) is -0.996. The second-order valence-corrected chi connectivity index (χ2v) is 7.87. The standard InChI is InChI=1S/C24H42N4O3/c25-15-7-9-17-27-23(29)22(24(30)28-18-10-8-16-26)14-6-1-2-11-19-31-20-21-12-4-3-5-13-21/h3-5,12-13,22H,1-2,6-11,14-20,25-26H2,(H,27,29)(H,28,30).